The molecule has 0 aromatic carbocycles. The third-order valence-corrected chi connectivity index (χ3v) is 1.90. The number of nitriles is 2. The van der Waals surface area contributed by atoms with Gasteiger partial charge in [-0.2, -0.15) is 10.5 Å². The molecule has 7 heteroatoms. The van der Waals surface area contributed by atoms with Crippen molar-refractivity contribution in [2.75, 3.05) is 0 Å². The van der Waals surface area contributed by atoms with E-state index >= 15 is 0 Å². The Labute approximate surface area is 94.1 Å². The molecule has 0 saturated heterocycles. The highest BCUT2D eigenvalue weighted by molar-refractivity contribution is 6.36. The molecular formula is C9HClN2O4. The van der Waals surface area contributed by atoms with Crippen LogP contribution in [0, 0.1) is 22.7 Å². The first-order valence-corrected chi connectivity index (χ1v) is 4.05. The van der Waals surface area contributed by atoms with Gasteiger partial charge in [-0.3, -0.25) is 9.59 Å². The zero-order chi connectivity index (χ0) is 12.3. The van der Waals surface area contributed by atoms with Crippen LogP contribution in [-0.4, -0.2) is 17.5 Å². The summed E-state index contributed by atoms with van der Waals surface area (Å²) in [5, 5.41) is 17.2. The summed E-state index contributed by atoms with van der Waals surface area (Å²) in [7, 11) is 0. The van der Waals surface area contributed by atoms with Crippen molar-refractivity contribution in [3.63, 3.8) is 0 Å². The van der Waals surface area contributed by atoms with E-state index in [-0.39, 0.29) is 0 Å². The van der Waals surface area contributed by atoms with E-state index in [1.807, 2.05) is 0 Å². The highest BCUT2D eigenvalue weighted by atomic mass is 35.5. The SMILES string of the molecule is N#CC1=C(C#N)C(=O)C(C(=O)OCl)=CC1=O. The van der Waals surface area contributed by atoms with Gasteiger partial charge in [-0.15, -0.1) is 0 Å². The van der Waals surface area contributed by atoms with Crippen molar-refractivity contribution in [3.05, 3.63) is 22.8 Å². The van der Waals surface area contributed by atoms with Crippen molar-refractivity contribution in [1.82, 2.24) is 0 Å². The molecule has 0 N–H and O–H groups in total. The maximum Gasteiger partial charge on any atom is 0.360 e. The second-order valence-electron chi connectivity index (χ2n) is 2.59. The Bertz CT molecular complexity index is 545. The van der Waals surface area contributed by atoms with Crippen LogP contribution in [0.2, 0.25) is 0 Å². The summed E-state index contributed by atoms with van der Waals surface area (Å²) in [5.74, 6) is -3.20. The van der Waals surface area contributed by atoms with E-state index < -0.39 is 34.3 Å². The number of halogens is 1. The normalized spacial score (nSPS) is 15.1. The minimum Gasteiger partial charge on any atom is -0.343 e. The molecular weight excluding hydrogens is 236 g/mol. The van der Waals surface area contributed by atoms with E-state index in [9.17, 15) is 14.4 Å². The second kappa shape index (κ2) is 4.39. The molecule has 0 atom stereocenters. The second-order valence-corrected chi connectivity index (χ2v) is 2.74. The van der Waals surface area contributed by atoms with Crippen molar-refractivity contribution in [2.24, 2.45) is 0 Å². The number of hydrogen-bond donors (Lipinski definition) is 0. The monoisotopic (exact) mass is 236 g/mol. The van der Waals surface area contributed by atoms with Gasteiger partial charge in [0.05, 0.1) is 0 Å². The number of carbonyl (C=O) groups excluding carboxylic acids is 3. The lowest BCUT2D eigenvalue weighted by atomic mass is 9.91. The van der Waals surface area contributed by atoms with Crippen LogP contribution in [0.15, 0.2) is 22.8 Å². The van der Waals surface area contributed by atoms with Crippen LogP contribution >= 0.6 is 11.9 Å². The predicted molar refractivity (Wildman–Crippen MR) is 48.3 cm³/mol. The minimum atomic E-state index is -1.25. The zero-order valence-electron chi connectivity index (χ0n) is 7.48. The fraction of sp³-hybridized carbons (Fsp3) is 0. The summed E-state index contributed by atoms with van der Waals surface area (Å²) >= 11 is 4.74. The Morgan fingerprint density at radius 2 is 1.81 bits per heavy atom. The number of ketones is 2. The zero-order valence-corrected chi connectivity index (χ0v) is 8.24. The Kier molecular flexibility index (Phi) is 3.19. The fourth-order valence-corrected chi connectivity index (χ4v) is 1.13. The van der Waals surface area contributed by atoms with Crippen LogP contribution in [0.5, 0.6) is 0 Å². The van der Waals surface area contributed by atoms with E-state index in [1.165, 1.54) is 12.1 Å². The molecule has 0 unspecified atom stereocenters. The van der Waals surface area contributed by atoms with Gasteiger partial charge >= 0.3 is 5.97 Å². The maximum atomic E-state index is 11.5. The van der Waals surface area contributed by atoms with Crippen molar-refractivity contribution in [2.45, 2.75) is 0 Å². The lowest BCUT2D eigenvalue weighted by Crippen LogP contribution is -2.23. The van der Waals surface area contributed by atoms with Crippen LogP contribution < -0.4 is 0 Å². The maximum absolute atomic E-state index is 11.5. The van der Waals surface area contributed by atoms with E-state index in [1.54, 1.807) is 0 Å². The predicted octanol–water partition coefficient (Wildman–Crippen LogP) is 0.105. The molecule has 16 heavy (non-hydrogen) atoms. The lowest BCUT2D eigenvalue weighted by Gasteiger charge is -2.07. The van der Waals surface area contributed by atoms with Crippen molar-refractivity contribution in [1.29, 1.82) is 10.5 Å². The van der Waals surface area contributed by atoms with Crippen molar-refractivity contribution < 1.29 is 18.7 Å². The van der Waals surface area contributed by atoms with Gasteiger partial charge in [0.1, 0.15) is 40.7 Å². The molecule has 0 amide bonds. The molecule has 0 fully saturated rings. The molecule has 6 nitrogen and oxygen atoms in total. The van der Waals surface area contributed by atoms with Gasteiger partial charge in [0.15, 0.2) is 5.78 Å². The topological polar surface area (TPSA) is 108 Å². The first-order chi connectivity index (χ1) is 7.56. The lowest BCUT2D eigenvalue weighted by molar-refractivity contribution is -0.132. The van der Waals surface area contributed by atoms with E-state index in [0.29, 0.717) is 6.08 Å². The van der Waals surface area contributed by atoms with Crippen molar-refractivity contribution in [3.8, 4) is 12.1 Å². The number of Topliss-reactive ketones (excluding diaryl/α,β-unsaturated/α-hetero) is 1. The third-order valence-electron chi connectivity index (χ3n) is 1.76. The molecule has 0 aromatic rings. The van der Waals surface area contributed by atoms with E-state index in [2.05, 4.69) is 4.29 Å². The molecule has 0 saturated carbocycles. The minimum absolute atomic E-state index is 0.598. The average Bonchev–Trinajstić information content (AvgIpc) is 2.29. The third kappa shape index (κ3) is 1.70. The highest BCUT2D eigenvalue weighted by Crippen LogP contribution is 2.19. The molecule has 0 aromatic heterocycles. The van der Waals surface area contributed by atoms with E-state index in [0.717, 1.165) is 0 Å². The fourth-order valence-electron chi connectivity index (χ4n) is 1.05. The number of nitrogens with zero attached hydrogens (tertiary/aromatic N) is 2. The summed E-state index contributed by atoms with van der Waals surface area (Å²) in [5.41, 5.74) is -1.96. The Morgan fingerprint density at radius 3 is 2.25 bits per heavy atom. The van der Waals surface area contributed by atoms with Crippen LogP contribution in [0.1, 0.15) is 0 Å². The van der Waals surface area contributed by atoms with E-state index in [4.69, 9.17) is 22.4 Å². The Balaban J connectivity index is 3.36. The van der Waals surface area contributed by atoms with Gasteiger partial charge in [-0.05, 0) is 0 Å². The molecule has 1 aliphatic rings. The first-order valence-electron chi connectivity index (χ1n) is 3.75. The number of carbonyl (C=O) groups is 3. The van der Waals surface area contributed by atoms with Crippen LogP contribution in [0.4, 0.5) is 0 Å². The molecule has 1 rings (SSSR count). The summed E-state index contributed by atoms with van der Waals surface area (Å²) < 4.78 is 3.75. The first kappa shape index (κ1) is 11.6. The molecule has 78 valence electrons. The van der Waals surface area contributed by atoms with Gasteiger partial charge < -0.3 is 4.29 Å². The largest absolute Gasteiger partial charge is 0.360 e. The smallest absolute Gasteiger partial charge is 0.343 e. The molecule has 0 aliphatic heterocycles. The Hall–Kier alpha value is -2.44. The highest BCUT2D eigenvalue weighted by Gasteiger charge is 2.33. The van der Waals surface area contributed by atoms with Gasteiger partial charge in [-0.1, -0.05) is 0 Å². The Morgan fingerprint density at radius 1 is 1.25 bits per heavy atom. The molecule has 0 spiro atoms. The van der Waals surface area contributed by atoms with Gasteiger partial charge in [0, 0.05) is 6.08 Å². The molecule has 0 radical (unpaired) electrons. The number of allylic oxidation sites excluding steroid dienone is 3. The summed E-state index contributed by atoms with van der Waals surface area (Å²) in [6, 6.07) is 2.81. The number of rotatable bonds is 1. The average molecular weight is 237 g/mol. The van der Waals surface area contributed by atoms with Gasteiger partial charge in [-0.25, -0.2) is 4.79 Å². The molecule has 1 aliphatic carbocycles. The standard InChI is InChI=1S/C9HClN2O4/c10-16-9(15)4-1-7(13)5(2-11)6(3-12)8(4)14/h1H. The molecule has 0 heterocycles. The summed E-state index contributed by atoms with van der Waals surface area (Å²) in [6.45, 7) is 0. The van der Waals surface area contributed by atoms with Gasteiger partial charge in [0.25, 0.3) is 0 Å². The summed E-state index contributed by atoms with van der Waals surface area (Å²) in [4.78, 5) is 33.7. The van der Waals surface area contributed by atoms with Crippen molar-refractivity contribution >= 4 is 29.4 Å². The van der Waals surface area contributed by atoms with Crippen LogP contribution in [-0.2, 0) is 18.7 Å². The van der Waals surface area contributed by atoms with Crippen LogP contribution in [0.3, 0.4) is 0 Å². The van der Waals surface area contributed by atoms with Crippen LogP contribution in [0.25, 0.3) is 0 Å². The quantitative estimate of drug-likeness (QED) is 0.472. The molecule has 0 bridgehead atoms. The van der Waals surface area contributed by atoms with Gasteiger partial charge in [0.2, 0.25) is 5.78 Å². The number of hydrogen-bond acceptors (Lipinski definition) is 6. The summed E-state index contributed by atoms with van der Waals surface area (Å²) in [6.07, 6.45) is 0.617.